The third-order valence-corrected chi connectivity index (χ3v) is 2.00. The van der Waals surface area contributed by atoms with Crippen LogP contribution in [0.2, 0.25) is 0 Å². The van der Waals surface area contributed by atoms with Gasteiger partial charge in [-0.3, -0.25) is 4.79 Å². The number of azide groups is 1. The lowest BCUT2D eigenvalue weighted by atomic mass is 9.88. The Hall–Kier alpha value is -1.26. The molecule has 0 fully saturated rings. The number of carboxylic acid groups (broad SMARTS) is 1. The largest absolute Gasteiger partial charge is 0.480 e. The summed E-state index contributed by atoms with van der Waals surface area (Å²) in [6.07, 6.45) is 1.22. The molecule has 2 N–H and O–H groups in total. The van der Waals surface area contributed by atoms with Gasteiger partial charge in [-0.1, -0.05) is 25.9 Å². The van der Waals surface area contributed by atoms with E-state index in [1.54, 1.807) is 0 Å². The van der Waals surface area contributed by atoms with Crippen molar-refractivity contribution in [3.63, 3.8) is 0 Å². The van der Waals surface area contributed by atoms with E-state index in [2.05, 4.69) is 15.3 Å². The van der Waals surface area contributed by atoms with Crippen LogP contribution in [0.15, 0.2) is 5.11 Å². The molecule has 16 heavy (non-hydrogen) atoms. The Morgan fingerprint density at radius 2 is 2.19 bits per heavy atom. The van der Waals surface area contributed by atoms with E-state index in [1.807, 2.05) is 20.8 Å². The summed E-state index contributed by atoms with van der Waals surface area (Å²) >= 11 is 0. The molecule has 0 amide bonds. The Bertz CT molecular complexity index is 266. The highest BCUT2D eigenvalue weighted by Crippen LogP contribution is 2.20. The van der Waals surface area contributed by atoms with Crippen LogP contribution in [0.25, 0.3) is 10.4 Å². The number of aliphatic carboxylic acids is 1. The van der Waals surface area contributed by atoms with Crippen LogP contribution < -0.4 is 5.32 Å². The van der Waals surface area contributed by atoms with Gasteiger partial charge >= 0.3 is 5.97 Å². The Morgan fingerprint density at radius 1 is 1.56 bits per heavy atom. The standard InChI is InChI=1S/C10H20N4O2/c1-10(2,3)7-8(9(15)16)12-5-4-6-13-14-11/h8,12H,4-7H2,1-3H3,(H,15,16). The summed E-state index contributed by atoms with van der Waals surface area (Å²) in [5.41, 5.74) is 8.03. The lowest BCUT2D eigenvalue weighted by Crippen LogP contribution is -2.40. The molecular formula is C10H20N4O2. The molecule has 0 spiro atoms. The van der Waals surface area contributed by atoms with Crippen molar-refractivity contribution in [2.24, 2.45) is 10.5 Å². The van der Waals surface area contributed by atoms with E-state index >= 15 is 0 Å². The van der Waals surface area contributed by atoms with E-state index in [-0.39, 0.29) is 5.41 Å². The van der Waals surface area contributed by atoms with Gasteiger partial charge in [0.25, 0.3) is 0 Å². The molecule has 92 valence electrons. The van der Waals surface area contributed by atoms with E-state index in [0.29, 0.717) is 25.9 Å². The summed E-state index contributed by atoms with van der Waals surface area (Å²) < 4.78 is 0. The summed E-state index contributed by atoms with van der Waals surface area (Å²) in [5.74, 6) is -0.835. The van der Waals surface area contributed by atoms with Crippen LogP contribution in [-0.2, 0) is 4.79 Å². The van der Waals surface area contributed by atoms with Crippen molar-refractivity contribution >= 4 is 5.97 Å². The van der Waals surface area contributed by atoms with Crippen molar-refractivity contribution in [3.8, 4) is 0 Å². The molecule has 0 heterocycles. The fourth-order valence-corrected chi connectivity index (χ4v) is 1.33. The van der Waals surface area contributed by atoms with Gasteiger partial charge in [-0.2, -0.15) is 0 Å². The lowest BCUT2D eigenvalue weighted by molar-refractivity contribution is -0.140. The van der Waals surface area contributed by atoms with Crippen molar-refractivity contribution in [3.05, 3.63) is 10.4 Å². The minimum absolute atomic E-state index is 0.0269. The molecule has 0 aromatic heterocycles. The molecule has 0 aliphatic rings. The van der Waals surface area contributed by atoms with Crippen LogP contribution in [0.3, 0.4) is 0 Å². The maximum atomic E-state index is 11.0. The van der Waals surface area contributed by atoms with Crippen LogP contribution in [0.1, 0.15) is 33.6 Å². The number of hydrogen-bond donors (Lipinski definition) is 2. The molecule has 0 aromatic rings. The quantitative estimate of drug-likeness (QED) is 0.302. The predicted octanol–water partition coefficient (Wildman–Crippen LogP) is 2.17. The van der Waals surface area contributed by atoms with E-state index in [1.165, 1.54) is 0 Å². The number of carbonyl (C=O) groups is 1. The zero-order valence-electron chi connectivity index (χ0n) is 10.1. The maximum absolute atomic E-state index is 11.0. The first-order valence-electron chi connectivity index (χ1n) is 5.34. The highest BCUT2D eigenvalue weighted by Gasteiger charge is 2.23. The van der Waals surface area contributed by atoms with Crippen molar-refractivity contribution in [1.29, 1.82) is 0 Å². The number of nitrogens with one attached hydrogen (secondary N) is 1. The highest BCUT2D eigenvalue weighted by molar-refractivity contribution is 5.73. The van der Waals surface area contributed by atoms with E-state index < -0.39 is 12.0 Å². The molecule has 6 nitrogen and oxygen atoms in total. The zero-order valence-corrected chi connectivity index (χ0v) is 10.1. The SMILES string of the molecule is CC(C)(C)CC(NCCCN=[N+]=[N-])C(=O)O. The molecule has 0 aromatic carbocycles. The second-order valence-electron chi connectivity index (χ2n) is 4.92. The summed E-state index contributed by atoms with van der Waals surface area (Å²) in [7, 11) is 0. The summed E-state index contributed by atoms with van der Waals surface area (Å²) in [6, 6.07) is -0.536. The third-order valence-electron chi connectivity index (χ3n) is 2.00. The first-order chi connectivity index (χ1) is 7.37. The molecule has 0 saturated carbocycles. The normalized spacial score (nSPS) is 12.9. The van der Waals surface area contributed by atoms with Gasteiger partial charge in [0.15, 0.2) is 0 Å². The van der Waals surface area contributed by atoms with Crippen LogP contribution >= 0.6 is 0 Å². The molecule has 0 saturated heterocycles. The summed E-state index contributed by atoms with van der Waals surface area (Å²) in [6.45, 7) is 6.96. The van der Waals surface area contributed by atoms with Crippen molar-refractivity contribution in [1.82, 2.24) is 5.32 Å². The molecule has 0 radical (unpaired) electrons. The van der Waals surface area contributed by atoms with Crippen LogP contribution in [0, 0.1) is 5.41 Å². The summed E-state index contributed by atoms with van der Waals surface area (Å²) in [5, 5.41) is 15.3. The van der Waals surface area contributed by atoms with E-state index in [9.17, 15) is 4.79 Å². The number of carboxylic acids is 1. The first-order valence-corrected chi connectivity index (χ1v) is 5.34. The minimum Gasteiger partial charge on any atom is -0.480 e. The Labute approximate surface area is 95.7 Å². The van der Waals surface area contributed by atoms with Crippen LogP contribution in [0.5, 0.6) is 0 Å². The second-order valence-corrected chi connectivity index (χ2v) is 4.92. The number of nitrogens with zero attached hydrogens (tertiary/aromatic N) is 3. The highest BCUT2D eigenvalue weighted by atomic mass is 16.4. The molecule has 0 aliphatic heterocycles. The number of hydrogen-bond acceptors (Lipinski definition) is 3. The molecule has 1 unspecified atom stereocenters. The average molecular weight is 228 g/mol. The summed E-state index contributed by atoms with van der Waals surface area (Å²) in [4.78, 5) is 13.6. The third kappa shape index (κ3) is 8.08. The van der Waals surface area contributed by atoms with Crippen molar-refractivity contribution in [2.75, 3.05) is 13.1 Å². The first kappa shape index (κ1) is 14.7. The van der Waals surface area contributed by atoms with Gasteiger partial charge in [-0.15, -0.1) is 0 Å². The molecule has 0 bridgehead atoms. The van der Waals surface area contributed by atoms with Crippen molar-refractivity contribution < 1.29 is 9.90 Å². The van der Waals surface area contributed by atoms with Gasteiger partial charge < -0.3 is 10.4 Å². The average Bonchev–Trinajstić information content (AvgIpc) is 2.13. The van der Waals surface area contributed by atoms with Gasteiger partial charge in [-0.05, 0) is 30.3 Å². The topological polar surface area (TPSA) is 98.1 Å². The minimum atomic E-state index is -0.835. The number of rotatable bonds is 7. The Balaban J connectivity index is 3.95. The molecule has 1 atom stereocenters. The monoisotopic (exact) mass is 228 g/mol. The molecular weight excluding hydrogens is 208 g/mol. The van der Waals surface area contributed by atoms with E-state index in [0.717, 1.165) is 0 Å². The van der Waals surface area contributed by atoms with E-state index in [4.69, 9.17) is 10.6 Å². The van der Waals surface area contributed by atoms with Gasteiger partial charge in [0, 0.05) is 11.5 Å². The van der Waals surface area contributed by atoms with Crippen LogP contribution in [0.4, 0.5) is 0 Å². The van der Waals surface area contributed by atoms with Gasteiger partial charge in [-0.25, -0.2) is 0 Å². The Kier molecular flexibility index (Phi) is 6.53. The smallest absolute Gasteiger partial charge is 0.320 e. The zero-order chi connectivity index (χ0) is 12.6. The Morgan fingerprint density at radius 3 is 2.62 bits per heavy atom. The van der Waals surface area contributed by atoms with Gasteiger partial charge in [0.2, 0.25) is 0 Å². The lowest BCUT2D eigenvalue weighted by Gasteiger charge is -2.23. The molecule has 0 rings (SSSR count). The molecule has 6 heteroatoms. The van der Waals surface area contributed by atoms with Gasteiger partial charge in [0.05, 0.1) is 0 Å². The fourth-order valence-electron chi connectivity index (χ4n) is 1.33. The van der Waals surface area contributed by atoms with Crippen molar-refractivity contribution in [2.45, 2.75) is 39.7 Å². The fraction of sp³-hybridized carbons (Fsp3) is 0.900. The maximum Gasteiger partial charge on any atom is 0.320 e. The van der Waals surface area contributed by atoms with Gasteiger partial charge in [0.1, 0.15) is 6.04 Å². The predicted molar refractivity (Wildman–Crippen MR) is 62.1 cm³/mol. The van der Waals surface area contributed by atoms with Crippen LogP contribution in [-0.4, -0.2) is 30.2 Å². The molecule has 0 aliphatic carbocycles. The second kappa shape index (κ2) is 7.09.